The molecule has 0 saturated carbocycles. The fraction of sp³-hybridized carbons (Fsp3) is 0.385. The molecule has 1 aromatic heterocycles. The molecule has 2 saturated heterocycles. The number of hydrogen-bond acceptors (Lipinski definition) is 4. The van der Waals surface area contributed by atoms with Gasteiger partial charge in [-0.3, -0.25) is 9.48 Å². The second-order valence-corrected chi connectivity index (χ2v) is 9.38. The van der Waals surface area contributed by atoms with Crippen LogP contribution in [0.2, 0.25) is 0 Å². The van der Waals surface area contributed by atoms with Gasteiger partial charge in [-0.2, -0.15) is 5.10 Å². The molecule has 5 rings (SSSR count). The quantitative estimate of drug-likeness (QED) is 0.621. The van der Waals surface area contributed by atoms with Crippen LogP contribution in [0.1, 0.15) is 47.3 Å². The van der Waals surface area contributed by atoms with Crippen LogP contribution in [-0.4, -0.2) is 40.9 Å². The highest BCUT2D eigenvalue weighted by atomic mass is 19.1. The Balaban J connectivity index is 1.34. The van der Waals surface area contributed by atoms with Crippen LogP contribution in [0.4, 0.5) is 10.1 Å². The number of nitrogens with one attached hydrogen (secondary N) is 2. The standard InChI is InChI=1S/C26H30FN5O/c1-16-4-8-22(32-14-20-6-7-21(15-32)30-20)11-23(16)26(33)29-17(2)18-5-9-25(27)24(10-18)19-12-28-31(3)13-19/h4-5,8-13,17,20-21,30H,6-7,14-15H2,1-3H3,(H,29,33)/t17-,20-,21+/m1/s1. The normalized spacial score (nSPS) is 20.7. The van der Waals surface area contributed by atoms with Gasteiger partial charge < -0.3 is 15.5 Å². The number of carbonyl (C=O) groups excluding carboxylic acids is 1. The first-order valence-corrected chi connectivity index (χ1v) is 11.6. The van der Waals surface area contributed by atoms with Crippen LogP contribution < -0.4 is 15.5 Å². The Labute approximate surface area is 193 Å². The topological polar surface area (TPSA) is 62.2 Å². The molecule has 7 heteroatoms. The van der Waals surface area contributed by atoms with Crippen LogP contribution in [0, 0.1) is 12.7 Å². The van der Waals surface area contributed by atoms with Crippen LogP contribution in [0.3, 0.4) is 0 Å². The lowest BCUT2D eigenvalue weighted by Crippen LogP contribution is -2.51. The number of nitrogens with zero attached hydrogens (tertiary/aromatic N) is 3. The van der Waals surface area contributed by atoms with Crippen molar-refractivity contribution < 1.29 is 9.18 Å². The fourth-order valence-electron chi connectivity index (χ4n) is 5.01. The highest BCUT2D eigenvalue weighted by molar-refractivity contribution is 5.97. The Hall–Kier alpha value is -3.19. The summed E-state index contributed by atoms with van der Waals surface area (Å²) in [5.41, 5.74) is 4.75. The largest absolute Gasteiger partial charge is 0.368 e. The molecule has 2 aliphatic heterocycles. The summed E-state index contributed by atoms with van der Waals surface area (Å²) < 4.78 is 16.1. The molecule has 0 unspecified atom stereocenters. The number of aromatic nitrogens is 2. The molecule has 1 amide bonds. The monoisotopic (exact) mass is 447 g/mol. The van der Waals surface area contributed by atoms with E-state index in [0.29, 0.717) is 28.8 Å². The second kappa shape index (κ2) is 8.63. The number of halogens is 1. The van der Waals surface area contributed by atoms with E-state index in [0.717, 1.165) is 29.9 Å². The highest BCUT2D eigenvalue weighted by Crippen LogP contribution is 2.28. The van der Waals surface area contributed by atoms with E-state index in [1.54, 1.807) is 36.3 Å². The van der Waals surface area contributed by atoms with Gasteiger partial charge >= 0.3 is 0 Å². The number of benzene rings is 2. The fourth-order valence-corrected chi connectivity index (χ4v) is 5.01. The van der Waals surface area contributed by atoms with Gasteiger partial charge in [0.25, 0.3) is 5.91 Å². The summed E-state index contributed by atoms with van der Waals surface area (Å²) in [7, 11) is 1.80. The number of piperazine rings is 1. The summed E-state index contributed by atoms with van der Waals surface area (Å²) in [5, 5.41) is 10.9. The summed E-state index contributed by atoms with van der Waals surface area (Å²) in [6, 6.07) is 11.9. The van der Waals surface area contributed by atoms with Crippen molar-refractivity contribution in [3.05, 3.63) is 71.3 Å². The average molecular weight is 448 g/mol. The first kappa shape index (κ1) is 21.6. The molecule has 33 heavy (non-hydrogen) atoms. The number of amides is 1. The maximum atomic E-state index is 14.5. The maximum absolute atomic E-state index is 14.5. The molecule has 2 aliphatic rings. The minimum Gasteiger partial charge on any atom is -0.368 e. The third-order valence-electron chi connectivity index (χ3n) is 6.90. The van der Waals surface area contributed by atoms with Crippen molar-refractivity contribution >= 4 is 11.6 Å². The van der Waals surface area contributed by atoms with E-state index in [1.807, 2.05) is 26.0 Å². The third kappa shape index (κ3) is 4.37. The molecule has 0 radical (unpaired) electrons. The Bertz CT molecular complexity index is 1180. The van der Waals surface area contributed by atoms with Gasteiger partial charge in [0.1, 0.15) is 5.82 Å². The lowest BCUT2D eigenvalue weighted by atomic mass is 10.0. The highest BCUT2D eigenvalue weighted by Gasteiger charge is 2.32. The maximum Gasteiger partial charge on any atom is 0.252 e. The Kier molecular flexibility index (Phi) is 5.66. The van der Waals surface area contributed by atoms with E-state index in [9.17, 15) is 9.18 Å². The predicted octanol–water partition coefficient (Wildman–Crippen LogP) is 3.97. The number of anilines is 1. The minimum atomic E-state index is -0.307. The number of carbonyl (C=O) groups is 1. The minimum absolute atomic E-state index is 0.118. The van der Waals surface area contributed by atoms with Gasteiger partial charge in [-0.1, -0.05) is 12.1 Å². The van der Waals surface area contributed by atoms with Gasteiger partial charge in [-0.25, -0.2) is 4.39 Å². The van der Waals surface area contributed by atoms with Crippen LogP contribution in [0.5, 0.6) is 0 Å². The van der Waals surface area contributed by atoms with E-state index < -0.39 is 0 Å². The van der Waals surface area contributed by atoms with E-state index >= 15 is 0 Å². The molecule has 2 N–H and O–H groups in total. The van der Waals surface area contributed by atoms with Gasteiger partial charge in [0.05, 0.1) is 12.2 Å². The Morgan fingerprint density at radius 1 is 1.18 bits per heavy atom. The van der Waals surface area contributed by atoms with Gasteiger partial charge in [-0.15, -0.1) is 0 Å². The molecule has 6 nitrogen and oxygen atoms in total. The van der Waals surface area contributed by atoms with Crippen molar-refractivity contribution in [2.45, 2.75) is 44.8 Å². The molecule has 0 spiro atoms. The lowest BCUT2D eigenvalue weighted by molar-refractivity contribution is 0.0939. The molecule has 2 aromatic carbocycles. The molecule has 0 aliphatic carbocycles. The van der Waals surface area contributed by atoms with Gasteiger partial charge in [0, 0.05) is 60.8 Å². The van der Waals surface area contributed by atoms with Gasteiger partial charge in [0.15, 0.2) is 0 Å². The van der Waals surface area contributed by atoms with Crippen LogP contribution >= 0.6 is 0 Å². The summed E-state index contributed by atoms with van der Waals surface area (Å²) in [6.45, 7) is 5.84. The molecular weight excluding hydrogens is 417 g/mol. The van der Waals surface area contributed by atoms with Crippen molar-refractivity contribution in [3.8, 4) is 11.1 Å². The lowest BCUT2D eigenvalue weighted by Gasteiger charge is -2.35. The van der Waals surface area contributed by atoms with E-state index in [-0.39, 0.29) is 17.8 Å². The van der Waals surface area contributed by atoms with Crippen LogP contribution in [-0.2, 0) is 7.05 Å². The first-order valence-electron chi connectivity index (χ1n) is 11.6. The number of fused-ring (bicyclic) bond motifs is 2. The van der Waals surface area contributed by atoms with E-state index in [1.165, 1.54) is 18.9 Å². The third-order valence-corrected chi connectivity index (χ3v) is 6.90. The zero-order valence-corrected chi connectivity index (χ0v) is 19.3. The number of hydrogen-bond donors (Lipinski definition) is 2. The van der Waals surface area contributed by atoms with Crippen molar-refractivity contribution in [1.29, 1.82) is 0 Å². The van der Waals surface area contributed by atoms with Crippen molar-refractivity contribution in [2.24, 2.45) is 7.05 Å². The van der Waals surface area contributed by atoms with Crippen molar-refractivity contribution in [1.82, 2.24) is 20.4 Å². The Morgan fingerprint density at radius 2 is 1.94 bits per heavy atom. The molecule has 2 fully saturated rings. The SMILES string of the molecule is Cc1ccc(N2C[C@H]3CC[C@@H](C2)N3)cc1C(=O)N[C@H](C)c1ccc(F)c(-c2cnn(C)c2)c1. The molecular formula is C26H30FN5O. The molecule has 3 heterocycles. The van der Waals surface area contributed by atoms with Gasteiger partial charge in [-0.05, 0) is 62.1 Å². The van der Waals surface area contributed by atoms with E-state index in [4.69, 9.17) is 0 Å². The Morgan fingerprint density at radius 3 is 2.64 bits per heavy atom. The molecule has 3 aromatic rings. The summed E-state index contributed by atoms with van der Waals surface area (Å²) in [5.74, 6) is -0.425. The summed E-state index contributed by atoms with van der Waals surface area (Å²) in [4.78, 5) is 15.6. The molecule has 2 bridgehead atoms. The van der Waals surface area contributed by atoms with Gasteiger partial charge in [0.2, 0.25) is 0 Å². The number of rotatable bonds is 5. The molecule has 172 valence electrons. The van der Waals surface area contributed by atoms with Crippen LogP contribution in [0.15, 0.2) is 48.8 Å². The van der Waals surface area contributed by atoms with E-state index in [2.05, 4.69) is 26.7 Å². The second-order valence-electron chi connectivity index (χ2n) is 9.38. The zero-order valence-electron chi connectivity index (χ0n) is 19.3. The number of aryl methyl sites for hydroxylation is 2. The average Bonchev–Trinajstić information content (AvgIpc) is 3.38. The van der Waals surface area contributed by atoms with Crippen molar-refractivity contribution in [3.63, 3.8) is 0 Å². The molecule has 3 atom stereocenters. The van der Waals surface area contributed by atoms with Crippen molar-refractivity contribution in [2.75, 3.05) is 18.0 Å². The summed E-state index contributed by atoms with van der Waals surface area (Å²) >= 11 is 0. The first-order chi connectivity index (χ1) is 15.9. The smallest absolute Gasteiger partial charge is 0.252 e. The zero-order chi connectivity index (χ0) is 23.1. The summed E-state index contributed by atoms with van der Waals surface area (Å²) in [6.07, 6.45) is 5.86. The predicted molar refractivity (Wildman–Crippen MR) is 128 cm³/mol. The van der Waals surface area contributed by atoms with Crippen LogP contribution in [0.25, 0.3) is 11.1 Å².